The van der Waals surface area contributed by atoms with Crippen molar-refractivity contribution < 1.29 is 9.59 Å². The maximum Gasteiger partial charge on any atom is 0.243 e. The lowest BCUT2D eigenvalue weighted by Gasteiger charge is -2.34. The topological polar surface area (TPSA) is 49.4 Å². The smallest absolute Gasteiger partial charge is 0.243 e. The lowest BCUT2D eigenvalue weighted by molar-refractivity contribution is -0.141. The van der Waals surface area contributed by atoms with Crippen molar-refractivity contribution in [2.45, 2.75) is 84.3 Å². The highest BCUT2D eigenvalue weighted by Crippen LogP contribution is 2.23. The molecule has 4 nitrogen and oxygen atoms in total. The minimum absolute atomic E-state index is 0.0511. The van der Waals surface area contributed by atoms with Crippen LogP contribution in [0.1, 0.15) is 70.2 Å². The third-order valence-corrected chi connectivity index (χ3v) is 6.73. The lowest BCUT2D eigenvalue weighted by Crippen LogP contribution is -2.54. The molecule has 1 N–H and O–H groups in total. The third-order valence-electron chi connectivity index (χ3n) is 6.48. The second kappa shape index (κ2) is 12.6. The van der Waals surface area contributed by atoms with E-state index in [9.17, 15) is 9.59 Å². The van der Waals surface area contributed by atoms with Crippen molar-refractivity contribution in [3.63, 3.8) is 0 Å². The van der Waals surface area contributed by atoms with Gasteiger partial charge >= 0.3 is 0 Å². The highest BCUT2D eigenvalue weighted by molar-refractivity contribution is 6.30. The monoisotopic (exact) mass is 532 g/mol. The van der Waals surface area contributed by atoms with Gasteiger partial charge in [-0.25, -0.2) is 0 Å². The Labute approximate surface area is 233 Å². The maximum atomic E-state index is 13.8. The van der Waals surface area contributed by atoms with Gasteiger partial charge in [0.15, 0.2) is 0 Å². The number of nitrogens with one attached hydrogen (secondary N) is 1. The van der Waals surface area contributed by atoms with E-state index in [1.807, 2.05) is 75.4 Å². The van der Waals surface area contributed by atoms with Crippen LogP contribution in [0.4, 0.5) is 0 Å². The molecule has 202 valence electrons. The molecule has 38 heavy (non-hydrogen) atoms. The van der Waals surface area contributed by atoms with Crippen molar-refractivity contribution in [2.75, 3.05) is 0 Å². The van der Waals surface area contributed by atoms with Gasteiger partial charge in [0.25, 0.3) is 0 Å². The molecule has 0 aromatic heterocycles. The highest BCUT2D eigenvalue weighted by Gasteiger charge is 2.32. The summed E-state index contributed by atoms with van der Waals surface area (Å²) >= 11 is 6.12. The molecule has 0 spiro atoms. The van der Waals surface area contributed by atoms with Gasteiger partial charge in [-0.15, -0.1) is 0 Å². The van der Waals surface area contributed by atoms with E-state index >= 15 is 0 Å². The van der Waals surface area contributed by atoms with E-state index in [-0.39, 0.29) is 17.2 Å². The van der Waals surface area contributed by atoms with Gasteiger partial charge < -0.3 is 10.2 Å². The van der Waals surface area contributed by atoms with Gasteiger partial charge in [0, 0.05) is 29.9 Å². The van der Waals surface area contributed by atoms with Crippen molar-refractivity contribution in [1.29, 1.82) is 0 Å². The van der Waals surface area contributed by atoms with Gasteiger partial charge in [-0.05, 0) is 67.0 Å². The van der Waals surface area contributed by atoms with Crippen LogP contribution in [0.5, 0.6) is 0 Å². The number of amides is 2. The highest BCUT2D eigenvalue weighted by atomic mass is 35.5. The summed E-state index contributed by atoms with van der Waals surface area (Å²) in [6.07, 6.45) is 1.36. The molecular formula is C33H41ClN2O2. The summed E-state index contributed by atoms with van der Waals surface area (Å²) in [6.45, 7) is 12.8. The summed E-state index contributed by atoms with van der Waals surface area (Å²) in [5, 5.41) is 3.75. The van der Waals surface area contributed by atoms with Crippen LogP contribution < -0.4 is 5.32 Å². The van der Waals surface area contributed by atoms with Crippen LogP contribution in [-0.2, 0) is 34.4 Å². The average Bonchev–Trinajstić information content (AvgIpc) is 2.85. The number of hydrogen-bond acceptors (Lipinski definition) is 2. The first-order valence-electron chi connectivity index (χ1n) is 13.3. The molecule has 5 heteroatoms. The van der Waals surface area contributed by atoms with Crippen LogP contribution in [0.25, 0.3) is 0 Å². The number of aryl methyl sites for hydroxylation is 1. The molecule has 1 atom stereocenters. The summed E-state index contributed by atoms with van der Waals surface area (Å²) in [5.74, 6) is -0.206. The van der Waals surface area contributed by atoms with Gasteiger partial charge in [0.1, 0.15) is 6.04 Å². The molecule has 0 aliphatic rings. The van der Waals surface area contributed by atoms with E-state index in [2.05, 4.69) is 50.4 Å². The molecule has 0 heterocycles. The predicted octanol–water partition coefficient (Wildman–Crippen LogP) is 7.12. The fraction of sp³-hybridized carbons (Fsp3) is 0.394. The Hall–Kier alpha value is -3.11. The van der Waals surface area contributed by atoms with Crippen molar-refractivity contribution >= 4 is 23.4 Å². The van der Waals surface area contributed by atoms with Crippen LogP contribution in [0.3, 0.4) is 0 Å². The Morgan fingerprint density at radius 3 is 1.92 bits per heavy atom. The third kappa shape index (κ3) is 9.02. The largest absolute Gasteiger partial charge is 0.350 e. The number of rotatable bonds is 9. The first-order chi connectivity index (χ1) is 17.8. The molecule has 1 unspecified atom stereocenters. The Balaban J connectivity index is 1.89. The molecule has 0 saturated carbocycles. The average molecular weight is 533 g/mol. The number of carbonyl (C=O) groups is 2. The molecule has 0 radical (unpaired) electrons. The summed E-state index contributed by atoms with van der Waals surface area (Å²) in [6, 6.07) is 25.2. The number of nitrogens with zero attached hydrogens (tertiary/aromatic N) is 1. The molecule has 0 saturated heterocycles. The van der Waals surface area contributed by atoms with Gasteiger partial charge in [0.05, 0.1) is 0 Å². The van der Waals surface area contributed by atoms with E-state index in [0.29, 0.717) is 30.8 Å². The lowest BCUT2D eigenvalue weighted by atomic mass is 9.86. The Kier molecular flexibility index (Phi) is 9.78. The van der Waals surface area contributed by atoms with Gasteiger partial charge in [0.2, 0.25) is 11.8 Å². The Bertz CT molecular complexity index is 1190. The molecule has 0 aliphatic carbocycles. The van der Waals surface area contributed by atoms with Crippen LogP contribution in [0, 0.1) is 0 Å². The minimum atomic E-state index is -0.650. The van der Waals surface area contributed by atoms with Crippen LogP contribution in [-0.4, -0.2) is 28.3 Å². The fourth-order valence-corrected chi connectivity index (χ4v) is 4.49. The van der Waals surface area contributed by atoms with E-state index in [0.717, 1.165) is 16.7 Å². The van der Waals surface area contributed by atoms with Gasteiger partial charge in [-0.1, -0.05) is 99.1 Å². The second-order valence-corrected chi connectivity index (χ2v) is 12.5. The molecule has 2 amide bonds. The molecule has 3 rings (SSSR count). The Morgan fingerprint density at radius 1 is 0.789 bits per heavy atom. The minimum Gasteiger partial charge on any atom is -0.350 e. The summed E-state index contributed by atoms with van der Waals surface area (Å²) < 4.78 is 0. The summed E-state index contributed by atoms with van der Waals surface area (Å²) in [5.41, 5.74) is 3.97. The molecule has 3 aromatic carbocycles. The summed E-state index contributed by atoms with van der Waals surface area (Å²) in [7, 11) is 0. The predicted molar refractivity (Wildman–Crippen MR) is 157 cm³/mol. The number of benzene rings is 3. The second-order valence-electron chi connectivity index (χ2n) is 12.0. The zero-order chi connectivity index (χ0) is 27.9. The molecule has 0 aliphatic heterocycles. The maximum absolute atomic E-state index is 13.8. The normalized spacial score (nSPS) is 12.6. The SMILES string of the molecule is CC(C)(C)NC(=O)C(Cc1ccccc1)N(Cc1ccc(Cl)cc1)C(=O)CCc1ccc(C(C)(C)C)cc1. The first-order valence-corrected chi connectivity index (χ1v) is 13.7. The van der Waals surface area contributed by atoms with Gasteiger partial charge in [-0.3, -0.25) is 9.59 Å². The number of carbonyl (C=O) groups excluding carboxylic acids is 2. The molecule has 3 aromatic rings. The Morgan fingerprint density at radius 2 is 1.37 bits per heavy atom. The van der Waals surface area contributed by atoms with E-state index in [1.54, 1.807) is 4.90 Å². The fourth-order valence-electron chi connectivity index (χ4n) is 4.36. The molecule has 0 bridgehead atoms. The van der Waals surface area contributed by atoms with Crippen LogP contribution in [0.2, 0.25) is 5.02 Å². The van der Waals surface area contributed by atoms with Crippen LogP contribution in [0.15, 0.2) is 78.9 Å². The van der Waals surface area contributed by atoms with Crippen molar-refractivity contribution in [3.05, 3.63) is 106 Å². The summed E-state index contributed by atoms with van der Waals surface area (Å²) in [4.78, 5) is 29.2. The quantitative estimate of drug-likeness (QED) is 0.319. The zero-order valence-corrected chi connectivity index (χ0v) is 24.3. The number of hydrogen-bond donors (Lipinski definition) is 1. The van der Waals surface area contributed by atoms with E-state index < -0.39 is 11.6 Å². The van der Waals surface area contributed by atoms with Crippen molar-refractivity contribution in [3.8, 4) is 0 Å². The molecular weight excluding hydrogens is 492 g/mol. The van der Waals surface area contributed by atoms with E-state index in [1.165, 1.54) is 5.56 Å². The van der Waals surface area contributed by atoms with Crippen LogP contribution >= 0.6 is 11.6 Å². The standard InChI is InChI=1S/C33H41ClN2O2/c1-32(2,3)27-17-12-24(13-18-27)16-21-30(37)36(23-26-14-19-28(34)20-15-26)29(31(38)35-33(4,5)6)22-25-10-8-7-9-11-25/h7-15,17-20,29H,16,21-23H2,1-6H3,(H,35,38). The number of halogens is 1. The van der Waals surface area contributed by atoms with Crippen molar-refractivity contribution in [1.82, 2.24) is 10.2 Å². The van der Waals surface area contributed by atoms with E-state index in [4.69, 9.17) is 11.6 Å². The van der Waals surface area contributed by atoms with Crippen molar-refractivity contribution in [2.24, 2.45) is 0 Å². The van der Waals surface area contributed by atoms with Gasteiger partial charge in [-0.2, -0.15) is 0 Å². The zero-order valence-electron chi connectivity index (χ0n) is 23.6. The first kappa shape index (κ1) is 29.4. The molecule has 0 fully saturated rings.